The third-order valence-electron chi connectivity index (χ3n) is 3.54. The molecule has 0 radical (unpaired) electrons. The number of hydrogen-bond acceptors (Lipinski definition) is 5. The highest BCUT2D eigenvalue weighted by Crippen LogP contribution is 2.18. The van der Waals surface area contributed by atoms with Crippen LogP contribution in [0.5, 0.6) is 0 Å². The molecule has 1 heterocycles. The zero-order valence-electron chi connectivity index (χ0n) is 13.4. The van der Waals surface area contributed by atoms with E-state index in [9.17, 15) is 18.0 Å². The molecule has 8 nitrogen and oxygen atoms in total. The van der Waals surface area contributed by atoms with Gasteiger partial charge >= 0.3 is 11.8 Å². The van der Waals surface area contributed by atoms with E-state index in [4.69, 9.17) is 4.42 Å². The van der Waals surface area contributed by atoms with Crippen LogP contribution in [0.1, 0.15) is 5.76 Å². The van der Waals surface area contributed by atoms with Gasteiger partial charge in [-0.25, -0.2) is 8.42 Å². The Morgan fingerprint density at radius 3 is 2.42 bits per heavy atom. The summed E-state index contributed by atoms with van der Waals surface area (Å²) in [6, 6.07) is 15.1. The first-order valence-corrected chi connectivity index (χ1v) is 9.05. The summed E-state index contributed by atoms with van der Waals surface area (Å²) in [5, 5.41) is 3.92. The van der Waals surface area contributed by atoms with Gasteiger partial charge in [0.15, 0.2) is 0 Å². The van der Waals surface area contributed by atoms with E-state index in [0.717, 1.165) is 10.8 Å². The van der Waals surface area contributed by atoms with Crippen molar-refractivity contribution in [1.29, 1.82) is 0 Å². The van der Waals surface area contributed by atoms with Crippen molar-refractivity contribution in [1.82, 2.24) is 15.6 Å². The fourth-order valence-corrected chi connectivity index (χ4v) is 3.10. The SMILES string of the molecule is O=C(NCc1ccco1)C(=O)NNS(=O)(=O)c1ccc2ccccc2c1. The molecule has 0 spiro atoms. The average molecular weight is 373 g/mol. The number of hydrogen-bond donors (Lipinski definition) is 3. The largest absolute Gasteiger partial charge is 0.467 e. The Hall–Kier alpha value is -3.17. The highest BCUT2D eigenvalue weighted by Gasteiger charge is 2.19. The lowest BCUT2D eigenvalue weighted by molar-refractivity contribution is -0.139. The lowest BCUT2D eigenvalue weighted by Gasteiger charge is -2.09. The number of sulfonamides is 1. The summed E-state index contributed by atoms with van der Waals surface area (Å²) in [6.45, 7) is 0.0106. The quantitative estimate of drug-likeness (QED) is 0.457. The number of amides is 2. The molecule has 2 amide bonds. The van der Waals surface area contributed by atoms with Crippen molar-refractivity contribution in [2.45, 2.75) is 11.4 Å². The fourth-order valence-electron chi connectivity index (χ4n) is 2.22. The Bertz CT molecular complexity index is 1050. The van der Waals surface area contributed by atoms with Crippen LogP contribution in [0, 0.1) is 0 Å². The highest BCUT2D eigenvalue weighted by molar-refractivity contribution is 7.89. The number of hydrazine groups is 1. The van der Waals surface area contributed by atoms with Gasteiger partial charge in [0, 0.05) is 0 Å². The standard InChI is InChI=1S/C17H15N3O5S/c21-16(18-11-14-6-3-9-25-14)17(22)19-20-26(23,24)15-8-7-12-4-1-2-5-13(12)10-15/h1-10,20H,11H2,(H,18,21)(H,19,22). The summed E-state index contributed by atoms with van der Waals surface area (Å²) < 4.78 is 29.6. The molecular weight excluding hydrogens is 358 g/mol. The minimum Gasteiger partial charge on any atom is -0.467 e. The van der Waals surface area contributed by atoms with E-state index in [1.807, 2.05) is 22.4 Å². The van der Waals surface area contributed by atoms with E-state index in [1.165, 1.54) is 18.4 Å². The smallest absolute Gasteiger partial charge is 0.324 e. The Morgan fingerprint density at radius 2 is 1.69 bits per heavy atom. The van der Waals surface area contributed by atoms with Gasteiger partial charge in [0.05, 0.1) is 17.7 Å². The van der Waals surface area contributed by atoms with Gasteiger partial charge in [0.1, 0.15) is 5.76 Å². The summed E-state index contributed by atoms with van der Waals surface area (Å²) in [7, 11) is -4.02. The molecule has 0 bridgehead atoms. The van der Waals surface area contributed by atoms with E-state index in [-0.39, 0.29) is 11.4 Å². The van der Waals surface area contributed by atoms with E-state index < -0.39 is 21.8 Å². The van der Waals surface area contributed by atoms with Crippen LogP contribution in [-0.2, 0) is 26.2 Å². The molecule has 9 heteroatoms. The molecule has 0 unspecified atom stereocenters. The second-order valence-corrected chi connectivity index (χ2v) is 7.01. The first-order valence-electron chi connectivity index (χ1n) is 7.57. The monoisotopic (exact) mass is 373 g/mol. The van der Waals surface area contributed by atoms with E-state index in [2.05, 4.69) is 5.32 Å². The molecule has 0 atom stereocenters. The zero-order valence-corrected chi connectivity index (χ0v) is 14.2. The minimum atomic E-state index is -4.02. The number of fused-ring (bicyclic) bond motifs is 1. The van der Waals surface area contributed by atoms with Gasteiger partial charge in [0.25, 0.3) is 10.0 Å². The molecule has 26 heavy (non-hydrogen) atoms. The third-order valence-corrected chi connectivity index (χ3v) is 4.78. The molecule has 0 saturated carbocycles. The van der Waals surface area contributed by atoms with Gasteiger partial charge in [-0.2, -0.15) is 0 Å². The van der Waals surface area contributed by atoms with Crippen LogP contribution in [-0.4, -0.2) is 20.2 Å². The predicted molar refractivity (Wildman–Crippen MR) is 93.0 cm³/mol. The highest BCUT2D eigenvalue weighted by atomic mass is 32.2. The first kappa shape index (κ1) is 17.6. The lowest BCUT2D eigenvalue weighted by Crippen LogP contribution is -2.48. The van der Waals surface area contributed by atoms with Crippen LogP contribution in [0.4, 0.5) is 0 Å². The summed E-state index contributed by atoms with van der Waals surface area (Å²) in [6.07, 6.45) is 1.43. The normalized spacial score (nSPS) is 11.2. The molecule has 0 aliphatic carbocycles. The molecule has 0 aliphatic heterocycles. The minimum absolute atomic E-state index is 0.0106. The van der Waals surface area contributed by atoms with Gasteiger partial charge < -0.3 is 9.73 Å². The first-order chi connectivity index (χ1) is 12.5. The number of nitrogens with one attached hydrogen (secondary N) is 3. The molecule has 0 aliphatic rings. The van der Waals surface area contributed by atoms with Crippen molar-refractivity contribution in [3.8, 4) is 0 Å². The molecule has 0 fully saturated rings. The molecule has 134 valence electrons. The maximum Gasteiger partial charge on any atom is 0.324 e. The zero-order chi connectivity index (χ0) is 18.6. The van der Waals surface area contributed by atoms with Crippen molar-refractivity contribution < 1.29 is 22.4 Å². The van der Waals surface area contributed by atoms with Gasteiger partial charge in [0.2, 0.25) is 0 Å². The molecule has 0 saturated heterocycles. The molecular formula is C17H15N3O5S. The van der Waals surface area contributed by atoms with E-state index in [1.54, 1.807) is 30.3 Å². The summed E-state index contributed by atoms with van der Waals surface area (Å²) in [5.41, 5.74) is 1.88. The lowest BCUT2D eigenvalue weighted by atomic mass is 10.1. The van der Waals surface area contributed by atoms with Gasteiger partial charge in [-0.15, -0.1) is 4.83 Å². The maximum atomic E-state index is 12.3. The Kier molecular flexibility index (Phi) is 5.01. The second-order valence-electron chi connectivity index (χ2n) is 5.33. The van der Waals surface area contributed by atoms with Gasteiger partial charge in [-0.3, -0.25) is 15.0 Å². The number of benzene rings is 2. The summed E-state index contributed by atoms with van der Waals surface area (Å²) in [5.74, 6) is -1.67. The van der Waals surface area contributed by atoms with Crippen molar-refractivity contribution >= 4 is 32.6 Å². The number of carbonyl (C=O) groups is 2. The summed E-state index contributed by atoms with van der Waals surface area (Å²) >= 11 is 0. The predicted octanol–water partition coefficient (Wildman–Crippen LogP) is 1.06. The van der Waals surface area contributed by atoms with Crippen LogP contribution in [0.25, 0.3) is 10.8 Å². The van der Waals surface area contributed by atoms with Crippen LogP contribution in [0.2, 0.25) is 0 Å². The number of carbonyl (C=O) groups excluding carboxylic acids is 2. The molecule has 2 aromatic carbocycles. The van der Waals surface area contributed by atoms with Crippen molar-refractivity contribution in [3.05, 3.63) is 66.6 Å². The fraction of sp³-hybridized carbons (Fsp3) is 0.0588. The maximum absolute atomic E-state index is 12.3. The van der Waals surface area contributed by atoms with Gasteiger partial charge in [-0.05, 0) is 35.0 Å². The van der Waals surface area contributed by atoms with Crippen LogP contribution in [0.3, 0.4) is 0 Å². The van der Waals surface area contributed by atoms with Crippen LogP contribution >= 0.6 is 0 Å². The Balaban J connectivity index is 1.61. The Labute approximate surface area is 149 Å². The molecule has 1 aromatic heterocycles. The van der Waals surface area contributed by atoms with Crippen molar-refractivity contribution in [2.24, 2.45) is 0 Å². The third kappa shape index (κ3) is 4.08. The Morgan fingerprint density at radius 1 is 0.923 bits per heavy atom. The topological polar surface area (TPSA) is 118 Å². The van der Waals surface area contributed by atoms with Crippen molar-refractivity contribution in [2.75, 3.05) is 0 Å². The average Bonchev–Trinajstić information content (AvgIpc) is 3.17. The molecule has 3 aromatic rings. The number of furan rings is 1. The van der Waals surface area contributed by atoms with Gasteiger partial charge in [-0.1, -0.05) is 30.3 Å². The van der Waals surface area contributed by atoms with Crippen molar-refractivity contribution in [3.63, 3.8) is 0 Å². The molecule has 3 N–H and O–H groups in total. The van der Waals surface area contributed by atoms with Crippen LogP contribution < -0.4 is 15.6 Å². The summed E-state index contributed by atoms with van der Waals surface area (Å²) in [4.78, 5) is 25.2. The van der Waals surface area contributed by atoms with E-state index >= 15 is 0 Å². The second kappa shape index (κ2) is 7.38. The number of rotatable bonds is 5. The van der Waals surface area contributed by atoms with Crippen LogP contribution in [0.15, 0.2) is 70.2 Å². The van der Waals surface area contributed by atoms with E-state index in [0.29, 0.717) is 5.76 Å². The molecule has 3 rings (SSSR count).